The van der Waals surface area contributed by atoms with E-state index < -0.39 is 0 Å². The smallest absolute Gasteiger partial charge is 0.338 e. The van der Waals surface area contributed by atoms with Crippen molar-refractivity contribution in [3.8, 4) is 0 Å². The maximum Gasteiger partial charge on any atom is 0.338 e. The molecule has 0 N–H and O–H groups in total. The first-order valence-electron chi connectivity index (χ1n) is 6.13. The molecule has 0 unspecified atom stereocenters. The number of azo groups is 1. The summed E-state index contributed by atoms with van der Waals surface area (Å²) in [5.74, 6) is -0.330. The Morgan fingerprint density at radius 2 is 1.50 bits per heavy atom. The second kappa shape index (κ2) is 6.96. The van der Waals surface area contributed by atoms with Gasteiger partial charge in [0.05, 0.1) is 23.5 Å². The summed E-state index contributed by atoms with van der Waals surface area (Å²) in [6.07, 6.45) is 0. The van der Waals surface area contributed by atoms with Crippen LogP contribution in [0, 0.1) is 0 Å². The highest BCUT2D eigenvalue weighted by molar-refractivity contribution is 9.10. The van der Waals surface area contributed by atoms with Gasteiger partial charge in [-0.05, 0) is 55.5 Å². The lowest BCUT2D eigenvalue weighted by atomic mass is 10.2. The average Bonchev–Trinajstić information content (AvgIpc) is 2.47. The molecule has 2 aromatic rings. The van der Waals surface area contributed by atoms with Crippen LogP contribution in [0.2, 0.25) is 0 Å². The molecule has 20 heavy (non-hydrogen) atoms. The van der Waals surface area contributed by atoms with Crippen molar-refractivity contribution in [1.82, 2.24) is 0 Å². The Balaban J connectivity index is 2.07. The number of halogens is 1. The predicted molar refractivity (Wildman–Crippen MR) is 80.7 cm³/mol. The van der Waals surface area contributed by atoms with Crippen LogP contribution >= 0.6 is 15.9 Å². The first kappa shape index (κ1) is 14.4. The molecule has 0 aliphatic carbocycles. The van der Waals surface area contributed by atoms with Crippen molar-refractivity contribution >= 4 is 33.3 Å². The molecule has 5 heteroatoms. The molecule has 0 heterocycles. The molecule has 2 rings (SSSR count). The molecule has 0 atom stereocenters. The van der Waals surface area contributed by atoms with Crippen molar-refractivity contribution in [2.75, 3.05) is 6.61 Å². The molecule has 0 aliphatic rings. The summed E-state index contributed by atoms with van der Waals surface area (Å²) >= 11 is 3.36. The second-order valence-electron chi connectivity index (χ2n) is 3.94. The van der Waals surface area contributed by atoms with E-state index in [0.717, 1.165) is 10.2 Å². The quantitative estimate of drug-likeness (QED) is 0.581. The number of esters is 1. The highest BCUT2D eigenvalue weighted by atomic mass is 79.9. The Morgan fingerprint density at radius 3 is 2.00 bits per heavy atom. The number of carbonyl (C=O) groups excluding carboxylic acids is 1. The average molecular weight is 333 g/mol. The number of hydrogen-bond acceptors (Lipinski definition) is 4. The summed E-state index contributed by atoms with van der Waals surface area (Å²) in [6, 6.07) is 14.3. The van der Waals surface area contributed by atoms with E-state index in [9.17, 15) is 4.79 Å². The van der Waals surface area contributed by atoms with Gasteiger partial charge in [0.15, 0.2) is 0 Å². The largest absolute Gasteiger partial charge is 0.462 e. The maximum atomic E-state index is 11.5. The van der Waals surface area contributed by atoms with Crippen molar-refractivity contribution in [2.24, 2.45) is 10.2 Å². The van der Waals surface area contributed by atoms with Gasteiger partial charge in [-0.2, -0.15) is 10.2 Å². The van der Waals surface area contributed by atoms with Gasteiger partial charge in [0.1, 0.15) is 0 Å². The van der Waals surface area contributed by atoms with Crippen LogP contribution in [0.5, 0.6) is 0 Å². The summed E-state index contributed by atoms with van der Waals surface area (Å²) in [7, 11) is 0. The molecular weight excluding hydrogens is 320 g/mol. The minimum atomic E-state index is -0.330. The molecule has 0 bridgehead atoms. The molecule has 4 nitrogen and oxygen atoms in total. The van der Waals surface area contributed by atoms with E-state index in [0.29, 0.717) is 17.9 Å². The van der Waals surface area contributed by atoms with Gasteiger partial charge in [-0.1, -0.05) is 15.9 Å². The highest BCUT2D eigenvalue weighted by Gasteiger charge is 2.04. The Kier molecular flexibility index (Phi) is 5.01. The summed E-state index contributed by atoms with van der Waals surface area (Å²) in [5.41, 5.74) is 1.96. The molecule has 0 aliphatic heterocycles. The minimum absolute atomic E-state index is 0.330. The topological polar surface area (TPSA) is 51.0 Å². The Bertz CT molecular complexity index is 607. The van der Waals surface area contributed by atoms with Crippen LogP contribution in [-0.2, 0) is 4.74 Å². The molecule has 0 spiro atoms. The third kappa shape index (κ3) is 3.99. The Hall–Kier alpha value is -2.01. The fourth-order valence-corrected chi connectivity index (χ4v) is 1.77. The predicted octanol–water partition coefficient (Wildman–Crippen LogP) is 5.04. The van der Waals surface area contributed by atoms with Crippen molar-refractivity contribution in [3.05, 3.63) is 58.6 Å². The van der Waals surface area contributed by atoms with E-state index in [4.69, 9.17) is 4.74 Å². The lowest BCUT2D eigenvalue weighted by Gasteiger charge is -2.01. The molecule has 2 aromatic carbocycles. The summed E-state index contributed by atoms with van der Waals surface area (Å²) in [4.78, 5) is 11.5. The summed E-state index contributed by atoms with van der Waals surface area (Å²) < 4.78 is 5.91. The number of ether oxygens (including phenoxy) is 1. The van der Waals surface area contributed by atoms with Crippen LogP contribution in [0.3, 0.4) is 0 Å². The molecule has 0 fully saturated rings. The van der Waals surface area contributed by atoms with Gasteiger partial charge < -0.3 is 4.74 Å². The van der Waals surface area contributed by atoms with Crippen LogP contribution < -0.4 is 0 Å². The SMILES string of the molecule is CCOC(=O)c1ccc(N=Nc2ccc(Br)cc2)cc1. The van der Waals surface area contributed by atoms with Gasteiger partial charge >= 0.3 is 5.97 Å². The van der Waals surface area contributed by atoms with E-state index >= 15 is 0 Å². The lowest BCUT2D eigenvalue weighted by Crippen LogP contribution is -2.03. The van der Waals surface area contributed by atoms with E-state index in [1.807, 2.05) is 24.3 Å². The zero-order chi connectivity index (χ0) is 14.4. The third-order valence-electron chi connectivity index (χ3n) is 2.49. The van der Waals surface area contributed by atoms with Crippen molar-refractivity contribution < 1.29 is 9.53 Å². The monoisotopic (exact) mass is 332 g/mol. The van der Waals surface area contributed by atoms with Crippen LogP contribution in [0.1, 0.15) is 17.3 Å². The number of nitrogens with zero attached hydrogens (tertiary/aromatic N) is 2. The molecule has 0 amide bonds. The fraction of sp³-hybridized carbons (Fsp3) is 0.133. The van der Waals surface area contributed by atoms with Gasteiger partial charge in [0.25, 0.3) is 0 Å². The maximum absolute atomic E-state index is 11.5. The normalized spacial score (nSPS) is 10.7. The van der Waals surface area contributed by atoms with Crippen molar-refractivity contribution in [3.63, 3.8) is 0 Å². The van der Waals surface area contributed by atoms with E-state index in [1.54, 1.807) is 31.2 Å². The van der Waals surface area contributed by atoms with E-state index in [2.05, 4.69) is 26.2 Å². The Morgan fingerprint density at radius 1 is 1.00 bits per heavy atom. The molecule has 0 aromatic heterocycles. The zero-order valence-corrected chi connectivity index (χ0v) is 12.5. The zero-order valence-electron chi connectivity index (χ0n) is 10.9. The van der Waals surface area contributed by atoms with Crippen LogP contribution in [0.25, 0.3) is 0 Å². The third-order valence-corrected chi connectivity index (χ3v) is 3.01. The van der Waals surface area contributed by atoms with Crippen molar-refractivity contribution in [2.45, 2.75) is 6.92 Å². The molecule has 0 saturated heterocycles. The fourth-order valence-electron chi connectivity index (χ4n) is 1.50. The second-order valence-corrected chi connectivity index (χ2v) is 4.86. The van der Waals surface area contributed by atoms with Crippen LogP contribution in [0.4, 0.5) is 11.4 Å². The lowest BCUT2D eigenvalue weighted by molar-refractivity contribution is 0.0526. The standard InChI is InChI=1S/C15H13BrN2O2/c1-2-20-15(19)11-3-7-13(8-4-11)17-18-14-9-5-12(16)6-10-14/h3-10H,2H2,1H3. The molecule has 102 valence electrons. The van der Waals surface area contributed by atoms with Gasteiger partial charge in [-0.3, -0.25) is 0 Å². The molecular formula is C15H13BrN2O2. The number of rotatable bonds is 4. The van der Waals surface area contributed by atoms with E-state index in [-0.39, 0.29) is 5.97 Å². The highest BCUT2D eigenvalue weighted by Crippen LogP contribution is 2.20. The van der Waals surface area contributed by atoms with Crippen LogP contribution in [-0.4, -0.2) is 12.6 Å². The van der Waals surface area contributed by atoms with Gasteiger partial charge in [-0.25, -0.2) is 4.79 Å². The van der Waals surface area contributed by atoms with Crippen LogP contribution in [0.15, 0.2) is 63.2 Å². The van der Waals surface area contributed by atoms with Gasteiger partial charge in [0, 0.05) is 4.47 Å². The van der Waals surface area contributed by atoms with Gasteiger partial charge in [0.2, 0.25) is 0 Å². The summed E-state index contributed by atoms with van der Waals surface area (Å²) in [5, 5.41) is 8.23. The molecule has 0 radical (unpaired) electrons. The van der Waals surface area contributed by atoms with E-state index in [1.165, 1.54) is 0 Å². The van der Waals surface area contributed by atoms with Gasteiger partial charge in [-0.15, -0.1) is 0 Å². The number of carbonyl (C=O) groups is 1. The first-order valence-corrected chi connectivity index (χ1v) is 6.93. The minimum Gasteiger partial charge on any atom is -0.462 e. The summed E-state index contributed by atoms with van der Waals surface area (Å²) in [6.45, 7) is 2.14. The Labute approximate surface area is 125 Å². The molecule has 0 saturated carbocycles. The van der Waals surface area contributed by atoms with Crippen molar-refractivity contribution in [1.29, 1.82) is 0 Å². The first-order chi connectivity index (χ1) is 9.69. The number of benzene rings is 2. The number of hydrogen-bond donors (Lipinski definition) is 0.